The lowest BCUT2D eigenvalue weighted by Gasteiger charge is -2.20. The summed E-state index contributed by atoms with van der Waals surface area (Å²) in [4.78, 5) is 4.41. The predicted molar refractivity (Wildman–Crippen MR) is 59.2 cm³/mol. The molecule has 1 atom stereocenters. The first-order chi connectivity index (χ1) is 6.57. The normalized spacial score (nSPS) is 25.1. The molecule has 0 saturated heterocycles. The third-order valence-electron chi connectivity index (χ3n) is 3.13. The maximum absolute atomic E-state index is 10.3. The van der Waals surface area contributed by atoms with Crippen molar-refractivity contribution in [3.05, 3.63) is 27.5 Å². The minimum absolute atomic E-state index is 0.691. The van der Waals surface area contributed by atoms with Gasteiger partial charge in [-0.1, -0.05) is 6.92 Å². The molecule has 3 heteroatoms. The van der Waals surface area contributed by atoms with E-state index in [-0.39, 0.29) is 0 Å². The molecule has 14 heavy (non-hydrogen) atoms. The van der Waals surface area contributed by atoms with Gasteiger partial charge < -0.3 is 5.11 Å². The van der Waals surface area contributed by atoms with Gasteiger partial charge in [-0.05, 0) is 59.3 Å². The van der Waals surface area contributed by atoms with Crippen LogP contribution in [0.2, 0.25) is 0 Å². The lowest BCUT2D eigenvalue weighted by molar-refractivity contribution is 0.0305. The summed E-state index contributed by atoms with van der Waals surface area (Å²) in [5.74, 6) is 0. The van der Waals surface area contributed by atoms with Crippen molar-refractivity contribution in [3.63, 3.8) is 0 Å². The zero-order valence-corrected chi connectivity index (χ0v) is 10.1. The molecule has 0 bridgehead atoms. The lowest BCUT2D eigenvalue weighted by Crippen LogP contribution is -2.22. The summed E-state index contributed by atoms with van der Waals surface area (Å²) in [5, 5.41) is 10.3. The molecule has 0 amide bonds. The molecule has 2 rings (SSSR count). The first kappa shape index (κ1) is 10.1. The van der Waals surface area contributed by atoms with E-state index in [9.17, 15) is 5.11 Å². The van der Waals surface area contributed by atoms with Crippen LogP contribution in [0.15, 0.2) is 10.7 Å². The molecule has 1 N–H and O–H groups in total. The second-order valence-corrected chi connectivity index (χ2v) is 4.79. The van der Waals surface area contributed by atoms with Crippen LogP contribution >= 0.6 is 15.9 Å². The van der Waals surface area contributed by atoms with Crippen molar-refractivity contribution in [3.8, 4) is 0 Å². The Kier molecular flexibility index (Phi) is 2.40. The van der Waals surface area contributed by atoms with Gasteiger partial charge in [-0.2, -0.15) is 0 Å². The Morgan fingerprint density at radius 1 is 1.64 bits per heavy atom. The van der Waals surface area contributed by atoms with Gasteiger partial charge in [-0.3, -0.25) is 0 Å². The van der Waals surface area contributed by atoms with Crippen LogP contribution in [0.4, 0.5) is 0 Å². The predicted octanol–water partition coefficient (Wildman–Crippen LogP) is 2.70. The van der Waals surface area contributed by atoms with Gasteiger partial charge in [-0.25, -0.2) is 4.98 Å². The summed E-state index contributed by atoms with van der Waals surface area (Å²) in [6.07, 6.45) is 2.50. The van der Waals surface area contributed by atoms with Crippen molar-refractivity contribution >= 4 is 15.9 Å². The van der Waals surface area contributed by atoms with Crippen molar-refractivity contribution in [1.82, 2.24) is 4.98 Å². The van der Waals surface area contributed by atoms with E-state index in [1.807, 2.05) is 13.0 Å². The maximum Gasteiger partial charge on any atom is 0.107 e. The third kappa shape index (κ3) is 1.39. The molecule has 1 aromatic heterocycles. The standard InChI is InChI=1S/C11H14BrNO/c1-3-11(14)5-4-8-7(2)6-9(12)13-10(8)11/h6,14H,3-5H2,1-2H3. The molecule has 1 unspecified atom stereocenters. The highest BCUT2D eigenvalue weighted by molar-refractivity contribution is 9.10. The highest BCUT2D eigenvalue weighted by Crippen LogP contribution is 2.39. The van der Waals surface area contributed by atoms with Crippen LogP contribution in [-0.4, -0.2) is 10.1 Å². The Labute approximate surface area is 92.5 Å². The summed E-state index contributed by atoms with van der Waals surface area (Å²) in [6.45, 7) is 4.08. The van der Waals surface area contributed by atoms with Crippen LogP contribution in [0.3, 0.4) is 0 Å². The molecule has 0 spiro atoms. The molecule has 0 saturated carbocycles. The van der Waals surface area contributed by atoms with Crippen LogP contribution in [0, 0.1) is 6.92 Å². The van der Waals surface area contributed by atoms with E-state index in [0.29, 0.717) is 0 Å². The smallest absolute Gasteiger partial charge is 0.107 e. The quantitative estimate of drug-likeness (QED) is 0.783. The SMILES string of the molecule is CCC1(O)CCc2c(C)cc(Br)nc21. The highest BCUT2D eigenvalue weighted by Gasteiger charge is 2.37. The fourth-order valence-electron chi connectivity index (χ4n) is 2.15. The first-order valence-electron chi connectivity index (χ1n) is 4.95. The minimum Gasteiger partial charge on any atom is -0.384 e. The van der Waals surface area contributed by atoms with Crippen LogP contribution in [0.5, 0.6) is 0 Å². The van der Waals surface area contributed by atoms with E-state index in [1.165, 1.54) is 11.1 Å². The second-order valence-electron chi connectivity index (χ2n) is 3.97. The Morgan fingerprint density at radius 2 is 2.36 bits per heavy atom. The van der Waals surface area contributed by atoms with Crippen molar-refractivity contribution in [2.45, 2.75) is 38.7 Å². The van der Waals surface area contributed by atoms with Crippen molar-refractivity contribution in [1.29, 1.82) is 0 Å². The molecule has 0 radical (unpaired) electrons. The van der Waals surface area contributed by atoms with Gasteiger partial charge >= 0.3 is 0 Å². The number of fused-ring (bicyclic) bond motifs is 1. The van der Waals surface area contributed by atoms with E-state index >= 15 is 0 Å². The van der Waals surface area contributed by atoms with Crippen molar-refractivity contribution in [2.75, 3.05) is 0 Å². The average molecular weight is 256 g/mol. The lowest BCUT2D eigenvalue weighted by atomic mass is 9.97. The Bertz CT molecular complexity index is 378. The van der Waals surface area contributed by atoms with Gasteiger partial charge in [0.1, 0.15) is 10.2 Å². The molecule has 1 aliphatic rings. The average Bonchev–Trinajstić information content (AvgIpc) is 2.46. The highest BCUT2D eigenvalue weighted by atomic mass is 79.9. The molecular weight excluding hydrogens is 242 g/mol. The Balaban J connectivity index is 2.60. The number of aryl methyl sites for hydroxylation is 1. The summed E-state index contributed by atoms with van der Waals surface area (Å²) < 4.78 is 0.822. The zero-order valence-electron chi connectivity index (χ0n) is 8.47. The minimum atomic E-state index is -0.691. The number of halogens is 1. The summed E-state index contributed by atoms with van der Waals surface area (Å²) in [5.41, 5.74) is 2.65. The fraction of sp³-hybridized carbons (Fsp3) is 0.545. The number of rotatable bonds is 1. The van der Waals surface area contributed by atoms with Gasteiger partial charge in [0.2, 0.25) is 0 Å². The number of nitrogens with zero attached hydrogens (tertiary/aromatic N) is 1. The molecular formula is C11H14BrNO. The zero-order chi connectivity index (χ0) is 10.3. The van der Waals surface area contributed by atoms with Gasteiger partial charge in [0.25, 0.3) is 0 Å². The van der Waals surface area contributed by atoms with E-state index < -0.39 is 5.60 Å². The maximum atomic E-state index is 10.3. The van der Waals surface area contributed by atoms with E-state index in [0.717, 1.165) is 29.6 Å². The molecule has 1 heterocycles. The molecule has 1 aliphatic carbocycles. The van der Waals surface area contributed by atoms with Crippen LogP contribution in [0.25, 0.3) is 0 Å². The van der Waals surface area contributed by atoms with Gasteiger partial charge in [-0.15, -0.1) is 0 Å². The van der Waals surface area contributed by atoms with Crippen molar-refractivity contribution < 1.29 is 5.11 Å². The summed E-state index contributed by atoms with van der Waals surface area (Å²) >= 11 is 3.37. The molecule has 0 fully saturated rings. The number of hydrogen-bond acceptors (Lipinski definition) is 2. The molecule has 2 nitrogen and oxygen atoms in total. The van der Waals surface area contributed by atoms with E-state index in [1.54, 1.807) is 0 Å². The van der Waals surface area contributed by atoms with Crippen molar-refractivity contribution in [2.24, 2.45) is 0 Å². The first-order valence-corrected chi connectivity index (χ1v) is 5.75. The number of aromatic nitrogens is 1. The summed E-state index contributed by atoms with van der Waals surface area (Å²) in [7, 11) is 0. The molecule has 0 aromatic carbocycles. The third-order valence-corrected chi connectivity index (χ3v) is 3.54. The van der Waals surface area contributed by atoms with E-state index in [2.05, 4.69) is 27.8 Å². The van der Waals surface area contributed by atoms with Crippen LogP contribution < -0.4 is 0 Å². The molecule has 0 aliphatic heterocycles. The Hall–Kier alpha value is -0.410. The second kappa shape index (κ2) is 3.31. The fourth-order valence-corrected chi connectivity index (χ4v) is 2.67. The van der Waals surface area contributed by atoms with Gasteiger partial charge in [0, 0.05) is 0 Å². The number of pyridine rings is 1. The topological polar surface area (TPSA) is 33.1 Å². The number of aliphatic hydroxyl groups is 1. The van der Waals surface area contributed by atoms with Crippen LogP contribution in [0.1, 0.15) is 36.6 Å². The largest absolute Gasteiger partial charge is 0.384 e. The molecule has 1 aromatic rings. The summed E-state index contributed by atoms with van der Waals surface area (Å²) in [6, 6.07) is 2.01. The van der Waals surface area contributed by atoms with E-state index in [4.69, 9.17) is 0 Å². The van der Waals surface area contributed by atoms with Crippen LogP contribution in [-0.2, 0) is 12.0 Å². The number of hydrogen-bond donors (Lipinski definition) is 1. The molecule has 76 valence electrons. The van der Waals surface area contributed by atoms with Gasteiger partial charge in [0.15, 0.2) is 0 Å². The van der Waals surface area contributed by atoms with Gasteiger partial charge in [0.05, 0.1) is 5.69 Å². The monoisotopic (exact) mass is 255 g/mol. The Morgan fingerprint density at radius 3 is 3.00 bits per heavy atom.